The third-order valence-electron chi connectivity index (χ3n) is 1.32. The molecule has 0 atom stereocenters. The molecule has 0 fully saturated rings. The zero-order valence-corrected chi connectivity index (χ0v) is 5.95. The average Bonchev–Trinajstić information content (AvgIpc) is 2.04. The molecule has 4 nitrogen and oxygen atoms in total. The van der Waals surface area contributed by atoms with Crippen LogP contribution in [0.5, 0.6) is 0 Å². The van der Waals surface area contributed by atoms with Crippen LogP contribution in [0.15, 0.2) is 23.4 Å². The van der Waals surface area contributed by atoms with Crippen molar-refractivity contribution >= 4 is 11.6 Å². The van der Waals surface area contributed by atoms with Gasteiger partial charge in [0.2, 0.25) is 0 Å². The van der Waals surface area contributed by atoms with Crippen molar-refractivity contribution < 1.29 is 9.18 Å². The smallest absolute Gasteiger partial charge is 0.251 e. The summed E-state index contributed by atoms with van der Waals surface area (Å²) < 4.78 is 12.5. The lowest BCUT2D eigenvalue weighted by Gasteiger charge is -1.97. The standard InChI is InChI=1S/C7H5FN2O2/c8-4-1-2-6(10-12)5(3-4)7(9)11/h1-3H,(H2,9,11). The van der Waals surface area contributed by atoms with Gasteiger partial charge in [-0.15, -0.1) is 4.91 Å². The van der Waals surface area contributed by atoms with E-state index in [9.17, 15) is 14.1 Å². The summed E-state index contributed by atoms with van der Waals surface area (Å²) in [7, 11) is 0. The number of primary amides is 1. The Kier molecular flexibility index (Phi) is 2.14. The van der Waals surface area contributed by atoms with E-state index in [1.165, 1.54) is 0 Å². The van der Waals surface area contributed by atoms with Gasteiger partial charge in [0.1, 0.15) is 11.5 Å². The van der Waals surface area contributed by atoms with Gasteiger partial charge in [-0.25, -0.2) is 4.39 Å². The van der Waals surface area contributed by atoms with Gasteiger partial charge < -0.3 is 5.73 Å². The van der Waals surface area contributed by atoms with Crippen molar-refractivity contribution in [2.24, 2.45) is 10.9 Å². The summed E-state index contributed by atoms with van der Waals surface area (Å²) in [4.78, 5) is 20.7. The highest BCUT2D eigenvalue weighted by molar-refractivity contribution is 5.97. The van der Waals surface area contributed by atoms with E-state index in [1.54, 1.807) is 0 Å². The molecule has 1 rings (SSSR count). The molecule has 1 aromatic carbocycles. The number of amides is 1. The summed E-state index contributed by atoms with van der Waals surface area (Å²) in [5, 5.41) is 2.52. The van der Waals surface area contributed by atoms with E-state index in [4.69, 9.17) is 5.73 Å². The molecule has 0 radical (unpaired) electrons. The van der Waals surface area contributed by atoms with Gasteiger partial charge in [-0.3, -0.25) is 4.79 Å². The molecular formula is C7H5FN2O2. The Morgan fingerprint density at radius 2 is 2.17 bits per heavy atom. The van der Waals surface area contributed by atoms with E-state index in [0.717, 1.165) is 18.2 Å². The Bertz CT molecular complexity index is 338. The van der Waals surface area contributed by atoms with Gasteiger partial charge in [0.15, 0.2) is 0 Å². The van der Waals surface area contributed by atoms with Gasteiger partial charge in [-0.1, -0.05) is 0 Å². The predicted octanol–water partition coefficient (Wildman–Crippen LogP) is 1.32. The average molecular weight is 168 g/mol. The Morgan fingerprint density at radius 3 is 2.67 bits per heavy atom. The van der Waals surface area contributed by atoms with Crippen LogP contribution in [0.2, 0.25) is 0 Å². The maximum absolute atomic E-state index is 12.5. The van der Waals surface area contributed by atoms with Crippen molar-refractivity contribution in [2.45, 2.75) is 0 Å². The fourth-order valence-electron chi connectivity index (χ4n) is 0.785. The third kappa shape index (κ3) is 1.45. The molecule has 0 heterocycles. The first-order valence-electron chi connectivity index (χ1n) is 3.08. The van der Waals surface area contributed by atoms with Crippen LogP contribution in [0.3, 0.4) is 0 Å². The summed E-state index contributed by atoms with van der Waals surface area (Å²) in [6.07, 6.45) is 0. The van der Waals surface area contributed by atoms with E-state index in [-0.39, 0.29) is 11.3 Å². The number of nitrogens with zero attached hydrogens (tertiary/aromatic N) is 1. The zero-order chi connectivity index (χ0) is 9.14. The van der Waals surface area contributed by atoms with Crippen LogP contribution in [-0.2, 0) is 0 Å². The van der Waals surface area contributed by atoms with Crippen molar-refractivity contribution in [2.75, 3.05) is 0 Å². The Hall–Kier alpha value is -1.78. The Morgan fingerprint density at radius 1 is 1.50 bits per heavy atom. The van der Waals surface area contributed by atoms with Crippen molar-refractivity contribution in [1.82, 2.24) is 0 Å². The highest BCUT2D eigenvalue weighted by Crippen LogP contribution is 2.18. The van der Waals surface area contributed by atoms with Crippen LogP contribution in [0, 0.1) is 10.7 Å². The number of halogens is 1. The molecule has 0 saturated carbocycles. The largest absolute Gasteiger partial charge is 0.366 e. The molecule has 0 aliphatic carbocycles. The molecule has 0 aromatic heterocycles. The Balaban J connectivity index is 3.30. The molecule has 1 amide bonds. The molecule has 0 unspecified atom stereocenters. The van der Waals surface area contributed by atoms with Gasteiger partial charge >= 0.3 is 0 Å². The van der Waals surface area contributed by atoms with Crippen LogP contribution in [0.4, 0.5) is 10.1 Å². The van der Waals surface area contributed by atoms with Crippen LogP contribution in [-0.4, -0.2) is 5.91 Å². The van der Waals surface area contributed by atoms with Crippen molar-refractivity contribution in [3.63, 3.8) is 0 Å². The van der Waals surface area contributed by atoms with Gasteiger partial charge in [0, 0.05) is 0 Å². The third-order valence-corrected chi connectivity index (χ3v) is 1.32. The van der Waals surface area contributed by atoms with E-state index >= 15 is 0 Å². The minimum atomic E-state index is -0.871. The molecule has 0 spiro atoms. The molecule has 62 valence electrons. The van der Waals surface area contributed by atoms with Crippen LogP contribution >= 0.6 is 0 Å². The van der Waals surface area contributed by atoms with Crippen LogP contribution in [0.1, 0.15) is 10.4 Å². The molecule has 0 bridgehead atoms. The molecular weight excluding hydrogens is 163 g/mol. The first-order chi connectivity index (χ1) is 5.65. The zero-order valence-electron chi connectivity index (χ0n) is 5.95. The second-order valence-electron chi connectivity index (χ2n) is 2.12. The summed E-state index contributed by atoms with van der Waals surface area (Å²) in [5.74, 6) is -1.50. The lowest BCUT2D eigenvalue weighted by atomic mass is 10.1. The van der Waals surface area contributed by atoms with Crippen LogP contribution in [0.25, 0.3) is 0 Å². The second kappa shape index (κ2) is 3.08. The number of carbonyl (C=O) groups excluding carboxylic acids is 1. The van der Waals surface area contributed by atoms with Crippen LogP contribution < -0.4 is 5.73 Å². The normalized spacial score (nSPS) is 9.42. The molecule has 12 heavy (non-hydrogen) atoms. The lowest BCUT2D eigenvalue weighted by molar-refractivity contribution is 0.100. The first kappa shape index (κ1) is 8.32. The van der Waals surface area contributed by atoms with Gasteiger partial charge in [-0.05, 0) is 23.4 Å². The van der Waals surface area contributed by atoms with Crippen molar-refractivity contribution in [3.8, 4) is 0 Å². The highest BCUT2D eigenvalue weighted by Gasteiger charge is 2.09. The number of benzene rings is 1. The van der Waals surface area contributed by atoms with Crippen molar-refractivity contribution in [3.05, 3.63) is 34.5 Å². The SMILES string of the molecule is NC(=O)c1cc(F)ccc1N=O. The molecule has 0 aliphatic rings. The number of nitroso groups, excluding NO2 is 1. The number of hydrogen-bond donors (Lipinski definition) is 1. The lowest BCUT2D eigenvalue weighted by Crippen LogP contribution is -2.11. The van der Waals surface area contributed by atoms with E-state index < -0.39 is 11.7 Å². The van der Waals surface area contributed by atoms with Gasteiger partial charge in [0.05, 0.1) is 5.56 Å². The number of carbonyl (C=O) groups is 1. The second-order valence-corrected chi connectivity index (χ2v) is 2.12. The summed E-state index contributed by atoms with van der Waals surface area (Å²) in [6.45, 7) is 0. The monoisotopic (exact) mass is 168 g/mol. The van der Waals surface area contributed by atoms with Gasteiger partial charge in [-0.2, -0.15) is 0 Å². The van der Waals surface area contributed by atoms with E-state index in [1.807, 2.05) is 0 Å². The molecule has 5 heteroatoms. The number of rotatable bonds is 2. The summed E-state index contributed by atoms with van der Waals surface area (Å²) in [5.41, 5.74) is 4.50. The number of hydrogen-bond acceptors (Lipinski definition) is 3. The quantitative estimate of drug-likeness (QED) is 0.676. The molecule has 0 aliphatic heterocycles. The maximum Gasteiger partial charge on any atom is 0.251 e. The predicted molar refractivity (Wildman–Crippen MR) is 40.4 cm³/mol. The first-order valence-corrected chi connectivity index (χ1v) is 3.08. The van der Waals surface area contributed by atoms with E-state index in [2.05, 4.69) is 5.18 Å². The molecule has 2 N–H and O–H groups in total. The number of nitrogens with two attached hydrogens (primary N) is 1. The minimum absolute atomic E-state index is 0.149. The molecule has 0 saturated heterocycles. The maximum atomic E-state index is 12.5. The van der Waals surface area contributed by atoms with Gasteiger partial charge in [0.25, 0.3) is 5.91 Å². The Labute approximate surface area is 67.2 Å². The van der Waals surface area contributed by atoms with E-state index in [0.29, 0.717) is 0 Å². The fraction of sp³-hybridized carbons (Fsp3) is 0. The summed E-state index contributed by atoms with van der Waals surface area (Å²) >= 11 is 0. The molecule has 1 aromatic rings. The highest BCUT2D eigenvalue weighted by atomic mass is 19.1. The fourth-order valence-corrected chi connectivity index (χ4v) is 0.785. The minimum Gasteiger partial charge on any atom is -0.366 e. The summed E-state index contributed by atoms with van der Waals surface area (Å²) in [6, 6.07) is 3.00. The topological polar surface area (TPSA) is 72.5 Å². The van der Waals surface area contributed by atoms with Crippen molar-refractivity contribution in [1.29, 1.82) is 0 Å².